The summed E-state index contributed by atoms with van der Waals surface area (Å²) in [5.41, 5.74) is 1.85. The van der Waals surface area contributed by atoms with Gasteiger partial charge >= 0.3 is 0 Å². The number of anilines is 1. The molecular weight excluding hydrogens is 466 g/mol. The molecule has 36 heavy (non-hydrogen) atoms. The van der Waals surface area contributed by atoms with Crippen molar-refractivity contribution in [3.8, 4) is 12.3 Å². The Kier molecular flexibility index (Phi) is 6.55. The maximum atomic E-state index is 13.5. The number of nitrogens with one attached hydrogen (secondary N) is 1. The fraction of sp³-hybridized carbons (Fsp3) is 0.296. The molecule has 0 fully saturated rings. The Bertz CT molecular complexity index is 1400. The summed E-state index contributed by atoms with van der Waals surface area (Å²) >= 11 is 0. The van der Waals surface area contributed by atoms with Crippen molar-refractivity contribution in [1.82, 2.24) is 10.3 Å². The van der Waals surface area contributed by atoms with Crippen molar-refractivity contribution in [3.63, 3.8) is 0 Å². The minimum atomic E-state index is -1.00. The third-order valence-corrected chi connectivity index (χ3v) is 6.21. The summed E-state index contributed by atoms with van der Waals surface area (Å²) in [5, 5.41) is 9.09. The number of hydrogen-bond acceptors (Lipinski definition) is 5. The normalized spacial score (nSPS) is 14.6. The number of carbonyl (C=O) groups is 2. The number of terminal acetylenes is 1. The Hall–Kier alpha value is -4.19. The van der Waals surface area contributed by atoms with Gasteiger partial charge in [0.15, 0.2) is 11.6 Å². The molecule has 1 N–H and O–H groups in total. The number of carbonyl (C=O) groups excluding carboxylic acids is 2. The van der Waals surface area contributed by atoms with Crippen molar-refractivity contribution in [2.75, 3.05) is 25.0 Å². The van der Waals surface area contributed by atoms with Crippen LogP contribution < -0.4 is 10.2 Å². The van der Waals surface area contributed by atoms with Gasteiger partial charge < -0.3 is 14.6 Å². The van der Waals surface area contributed by atoms with Crippen molar-refractivity contribution in [2.45, 2.75) is 32.7 Å². The third-order valence-electron chi connectivity index (χ3n) is 6.21. The molecule has 0 spiro atoms. The Balaban J connectivity index is 1.51. The number of fused-ring (bicyclic) bond motifs is 2. The Labute approximate surface area is 207 Å². The van der Waals surface area contributed by atoms with Gasteiger partial charge in [-0.15, -0.1) is 6.42 Å². The number of hydrogen-bond donors (Lipinski definition) is 1. The van der Waals surface area contributed by atoms with E-state index >= 15 is 0 Å². The predicted octanol–water partition coefficient (Wildman–Crippen LogP) is 4.21. The number of hydrazone groups is 1. The van der Waals surface area contributed by atoms with Crippen molar-refractivity contribution >= 4 is 34.2 Å². The van der Waals surface area contributed by atoms with Gasteiger partial charge in [-0.1, -0.05) is 12.0 Å². The zero-order valence-electron chi connectivity index (χ0n) is 20.5. The minimum absolute atomic E-state index is 0.0271. The molecule has 2 aromatic carbocycles. The number of amides is 2. The number of furan rings is 1. The SMILES string of the molecule is C#C/C(C)=N\N(C)CCN1C(=O)C(C)(C)c2ccc(C(=O)NCc3cc4cc(F)c(F)cc4o3)cc21. The monoisotopic (exact) mass is 492 g/mol. The zero-order valence-corrected chi connectivity index (χ0v) is 20.5. The molecule has 0 bridgehead atoms. The lowest BCUT2D eigenvalue weighted by Gasteiger charge is -2.23. The van der Waals surface area contributed by atoms with E-state index in [4.69, 9.17) is 10.8 Å². The second-order valence-corrected chi connectivity index (χ2v) is 9.22. The van der Waals surface area contributed by atoms with Crippen molar-refractivity contribution in [2.24, 2.45) is 5.10 Å². The van der Waals surface area contributed by atoms with Crippen LogP contribution in [0.15, 0.2) is 45.9 Å². The van der Waals surface area contributed by atoms with Gasteiger partial charge in [-0.05, 0) is 50.6 Å². The van der Waals surface area contributed by atoms with Crippen molar-refractivity contribution < 1.29 is 22.8 Å². The molecule has 9 heteroatoms. The number of rotatable bonds is 7. The molecule has 1 aliphatic heterocycles. The molecule has 1 aromatic heterocycles. The first-order chi connectivity index (χ1) is 17.0. The average molecular weight is 493 g/mol. The molecule has 0 saturated carbocycles. The molecule has 0 aliphatic carbocycles. The van der Waals surface area contributed by atoms with Crippen LogP contribution in [0, 0.1) is 24.0 Å². The van der Waals surface area contributed by atoms with Crippen molar-refractivity contribution in [3.05, 3.63) is 64.9 Å². The van der Waals surface area contributed by atoms with E-state index in [2.05, 4.69) is 16.3 Å². The lowest BCUT2D eigenvalue weighted by Crippen LogP contribution is -2.39. The molecule has 4 rings (SSSR count). The maximum Gasteiger partial charge on any atom is 0.251 e. The van der Waals surface area contributed by atoms with Gasteiger partial charge in [0.05, 0.1) is 18.5 Å². The molecule has 186 valence electrons. The van der Waals surface area contributed by atoms with Gasteiger partial charge in [-0.2, -0.15) is 5.10 Å². The molecule has 0 radical (unpaired) electrons. The summed E-state index contributed by atoms with van der Waals surface area (Å²) in [7, 11) is 1.78. The first-order valence-corrected chi connectivity index (χ1v) is 11.4. The molecule has 0 unspecified atom stereocenters. The molecule has 2 heterocycles. The van der Waals surface area contributed by atoms with Gasteiger partial charge in [0.25, 0.3) is 5.91 Å². The molecule has 7 nitrogen and oxygen atoms in total. The van der Waals surface area contributed by atoms with E-state index in [0.29, 0.717) is 41.2 Å². The number of nitrogens with zero attached hydrogens (tertiary/aromatic N) is 3. The lowest BCUT2D eigenvalue weighted by atomic mass is 9.86. The summed E-state index contributed by atoms with van der Waals surface area (Å²) in [6, 6.07) is 8.72. The standard InChI is InChI=1S/C27H26F2N4O3/c1-6-16(2)31-32(5)9-10-33-23-13-17(7-8-20(23)27(3,4)26(33)35)25(34)30-15-19-11-18-12-21(28)22(29)14-24(18)36-19/h1,7-8,11-14H,9-10,15H2,2-5H3,(H,30,34)/b31-16-. The number of halogens is 2. The smallest absolute Gasteiger partial charge is 0.251 e. The Morgan fingerprint density at radius 2 is 1.94 bits per heavy atom. The number of likely N-dealkylation sites (N-methyl/N-ethyl adjacent to an activating group) is 1. The molecule has 0 atom stereocenters. The predicted molar refractivity (Wildman–Crippen MR) is 134 cm³/mol. The van der Waals surface area contributed by atoms with Gasteiger partial charge in [-0.25, -0.2) is 8.78 Å². The second-order valence-electron chi connectivity index (χ2n) is 9.22. The first kappa shape index (κ1) is 24.9. The van der Waals surface area contributed by atoms with Crippen LogP contribution in [0.3, 0.4) is 0 Å². The summed E-state index contributed by atoms with van der Waals surface area (Å²) in [4.78, 5) is 27.7. The van der Waals surface area contributed by atoms with Crippen LogP contribution in [0.1, 0.15) is 42.5 Å². The molecule has 1 aliphatic rings. The minimum Gasteiger partial charge on any atom is -0.459 e. The van der Waals surface area contributed by atoms with E-state index in [1.165, 1.54) is 0 Å². The van der Waals surface area contributed by atoms with E-state index in [9.17, 15) is 18.4 Å². The highest BCUT2D eigenvalue weighted by atomic mass is 19.2. The molecular formula is C27H26F2N4O3. The van der Waals surface area contributed by atoms with Crippen LogP contribution in [0.2, 0.25) is 0 Å². The van der Waals surface area contributed by atoms with E-state index in [0.717, 1.165) is 17.7 Å². The molecule has 0 saturated heterocycles. The molecule has 3 aromatic rings. The Morgan fingerprint density at radius 1 is 1.22 bits per heavy atom. The van der Waals surface area contributed by atoms with Crippen LogP contribution in [0.5, 0.6) is 0 Å². The van der Waals surface area contributed by atoms with Crippen LogP contribution in [-0.4, -0.2) is 42.7 Å². The lowest BCUT2D eigenvalue weighted by molar-refractivity contribution is -0.122. The van der Waals surface area contributed by atoms with E-state index in [1.54, 1.807) is 48.1 Å². The highest BCUT2D eigenvalue weighted by Gasteiger charge is 2.43. The third kappa shape index (κ3) is 4.67. The van der Waals surface area contributed by atoms with Crippen LogP contribution in [-0.2, 0) is 16.8 Å². The summed E-state index contributed by atoms with van der Waals surface area (Å²) in [5.74, 6) is 0.401. The van der Waals surface area contributed by atoms with Gasteiger partial charge in [0.1, 0.15) is 17.1 Å². The fourth-order valence-corrected chi connectivity index (χ4v) is 4.23. The quantitative estimate of drug-likeness (QED) is 0.305. The topological polar surface area (TPSA) is 78.1 Å². The first-order valence-electron chi connectivity index (χ1n) is 11.4. The maximum absolute atomic E-state index is 13.5. The average Bonchev–Trinajstić information content (AvgIpc) is 3.31. The fourth-order valence-electron chi connectivity index (χ4n) is 4.23. The molecule has 2 amide bonds. The number of benzene rings is 2. The van der Waals surface area contributed by atoms with Crippen LogP contribution in [0.25, 0.3) is 11.0 Å². The van der Waals surface area contributed by atoms with E-state index < -0.39 is 17.0 Å². The zero-order chi connectivity index (χ0) is 26.2. The van der Waals surface area contributed by atoms with Crippen LogP contribution in [0.4, 0.5) is 14.5 Å². The van der Waals surface area contributed by atoms with E-state index in [-0.39, 0.29) is 23.9 Å². The summed E-state index contributed by atoms with van der Waals surface area (Å²) in [6.45, 7) is 6.27. The highest BCUT2D eigenvalue weighted by Crippen LogP contribution is 2.41. The summed E-state index contributed by atoms with van der Waals surface area (Å²) in [6.07, 6.45) is 5.35. The van der Waals surface area contributed by atoms with Gasteiger partial charge in [0, 0.05) is 36.3 Å². The van der Waals surface area contributed by atoms with Crippen LogP contribution >= 0.6 is 0 Å². The van der Waals surface area contributed by atoms with Gasteiger partial charge in [0.2, 0.25) is 5.91 Å². The summed E-state index contributed by atoms with van der Waals surface area (Å²) < 4.78 is 32.4. The van der Waals surface area contributed by atoms with E-state index in [1.807, 2.05) is 13.8 Å². The highest BCUT2D eigenvalue weighted by molar-refractivity contribution is 6.09. The Morgan fingerprint density at radius 3 is 2.67 bits per heavy atom. The van der Waals surface area contributed by atoms with Gasteiger partial charge in [-0.3, -0.25) is 14.6 Å². The second kappa shape index (κ2) is 9.46. The van der Waals surface area contributed by atoms with Crippen molar-refractivity contribution in [1.29, 1.82) is 0 Å². The largest absolute Gasteiger partial charge is 0.459 e.